The summed E-state index contributed by atoms with van der Waals surface area (Å²) in [5.41, 5.74) is 0.813. The topological polar surface area (TPSA) is 51.0 Å². The highest BCUT2D eigenvalue weighted by Gasteiger charge is 2.09. The summed E-state index contributed by atoms with van der Waals surface area (Å²) in [7, 11) is 1.88. The molecule has 0 atom stereocenters. The standard InChI is InChI=1S/C11H11BrClN3O/c1-14-3-2-10-15-11(17-16-10)7-4-8(12)6-9(13)5-7/h4-6,14H,2-3H2,1H3. The van der Waals surface area contributed by atoms with Crippen molar-refractivity contribution < 1.29 is 4.52 Å². The van der Waals surface area contributed by atoms with Crippen LogP contribution in [0.3, 0.4) is 0 Å². The quantitative estimate of drug-likeness (QED) is 0.942. The molecule has 6 heteroatoms. The molecule has 17 heavy (non-hydrogen) atoms. The van der Waals surface area contributed by atoms with Gasteiger partial charge < -0.3 is 9.84 Å². The Bertz CT molecular complexity index is 495. The van der Waals surface area contributed by atoms with Crippen molar-refractivity contribution in [1.29, 1.82) is 0 Å². The molecule has 0 saturated carbocycles. The van der Waals surface area contributed by atoms with Crippen LogP contribution in [-0.2, 0) is 6.42 Å². The van der Waals surface area contributed by atoms with Gasteiger partial charge in [-0.15, -0.1) is 0 Å². The molecule has 0 amide bonds. The first-order valence-corrected chi connectivity index (χ1v) is 6.30. The van der Waals surface area contributed by atoms with Crippen molar-refractivity contribution in [3.8, 4) is 11.5 Å². The molecule has 0 unspecified atom stereocenters. The maximum absolute atomic E-state index is 5.96. The second-order valence-electron chi connectivity index (χ2n) is 3.53. The predicted octanol–water partition coefficient (Wildman–Crippen LogP) is 2.91. The van der Waals surface area contributed by atoms with E-state index in [9.17, 15) is 0 Å². The van der Waals surface area contributed by atoms with E-state index in [1.54, 1.807) is 6.07 Å². The second-order valence-corrected chi connectivity index (χ2v) is 4.88. The molecule has 0 saturated heterocycles. The summed E-state index contributed by atoms with van der Waals surface area (Å²) in [6.07, 6.45) is 0.738. The summed E-state index contributed by atoms with van der Waals surface area (Å²) in [5, 5.41) is 7.57. The summed E-state index contributed by atoms with van der Waals surface area (Å²) < 4.78 is 6.07. The van der Waals surface area contributed by atoms with Crippen molar-refractivity contribution in [2.75, 3.05) is 13.6 Å². The third kappa shape index (κ3) is 3.28. The molecular formula is C11H11BrClN3O. The van der Waals surface area contributed by atoms with E-state index >= 15 is 0 Å². The van der Waals surface area contributed by atoms with Crippen molar-refractivity contribution in [2.24, 2.45) is 0 Å². The Labute approximate surface area is 112 Å². The smallest absolute Gasteiger partial charge is 0.258 e. The van der Waals surface area contributed by atoms with Crippen LogP contribution in [0.2, 0.25) is 5.02 Å². The number of benzene rings is 1. The van der Waals surface area contributed by atoms with Gasteiger partial charge in [-0.25, -0.2) is 0 Å². The lowest BCUT2D eigenvalue weighted by Crippen LogP contribution is -2.10. The van der Waals surface area contributed by atoms with E-state index in [0.29, 0.717) is 16.7 Å². The second kappa shape index (κ2) is 5.62. The molecule has 2 aromatic rings. The molecule has 4 nitrogen and oxygen atoms in total. The Morgan fingerprint density at radius 2 is 2.24 bits per heavy atom. The van der Waals surface area contributed by atoms with Crippen molar-refractivity contribution in [3.05, 3.63) is 33.5 Å². The molecule has 0 radical (unpaired) electrons. The molecule has 1 heterocycles. The van der Waals surface area contributed by atoms with E-state index in [1.807, 2.05) is 19.2 Å². The van der Waals surface area contributed by atoms with Gasteiger partial charge in [-0.05, 0) is 25.2 Å². The van der Waals surface area contributed by atoms with Gasteiger partial charge in [-0.3, -0.25) is 0 Å². The monoisotopic (exact) mass is 315 g/mol. The SMILES string of the molecule is CNCCc1noc(-c2cc(Cl)cc(Br)c2)n1. The number of hydrogen-bond donors (Lipinski definition) is 1. The van der Waals surface area contributed by atoms with E-state index in [1.165, 1.54) is 0 Å². The Hall–Kier alpha value is -0.910. The fourth-order valence-electron chi connectivity index (χ4n) is 1.39. The van der Waals surface area contributed by atoms with Crippen molar-refractivity contribution in [1.82, 2.24) is 15.5 Å². The van der Waals surface area contributed by atoms with Crippen LogP contribution >= 0.6 is 27.5 Å². The minimum absolute atomic E-state index is 0.485. The first kappa shape index (κ1) is 12.5. The average Bonchev–Trinajstić information content (AvgIpc) is 2.73. The maximum Gasteiger partial charge on any atom is 0.258 e. The highest BCUT2D eigenvalue weighted by molar-refractivity contribution is 9.10. The van der Waals surface area contributed by atoms with Crippen LogP contribution in [0.1, 0.15) is 5.82 Å². The summed E-state index contributed by atoms with van der Waals surface area (Å²) >= 11 is 9.34. The number of hydrogen-bond acceptors (Lipinski definition) is 4. The molecule has 0 fully saturated rings. The minimum Gasteiger partial charge on any atom is -0.334 e. The third-order valence-electron chi connectivity index (χ3n) is 2.18. The first-order chi connectivity index (χ1) is 8.19. The zero-order valence-corrected chi connectivity index (χ0v) is 11.5. The van der Waals surface area contributed by atoms with E-state index in [4.69, 9.17) is 16.1 Å². The molecule has 1 N–H and O–H groups in total. The summed E-state index contributed by atoms with van der Waals surface area (Å²) in [6, 6.07) is 5.49. The summed E-state index contributed by atoms with van der Waals surface area (Å²) in [6.45, 7) is 0.818. The van der Waals surface area contributed by atoms with Gasteiger partial charge in [0, 0.05) is 28.0 Å². The first-order valence-electron chi connectivity index (χ1n) is 5.12. The van der Waals surface area contributed by atoms with E-state index < -0.39 is 0 Å². The van der Waals surface area contributed by atoms with E-state index in [2.05, 4.69) is 31.4 Å². The van der Waals surface area contributed by atoms with Crippen molar-refractivity contribution in [3.63, 3.8) is 0 Å². The van der Waals surface area contributed by atoms with Gasteiger partial charge in [-0.2, -0.15) is 4.98 Å². The molecule has 0 aliphatic heterocycles. The largest absolute Gasteiger partial charge is 0.334 e. The Morgan fingerprint density at radius 1 is 1.41 bits per heavy atom. The molecule has 1 aromatic carbocycles. The zero-order valence-electron chi connectivity index (χ0n) is 9.20. The molecule has 0 aliphatic carbocycles. The number of nitrogens with one attached hydrogen (secondary N) is 1. The van der Waals surface area contributed by atoms with E-state index in [-0.39, 0.29) is 0 Å². The lowest BCUT2D eigenvalue weighted by molar-refractivity contribution is 0.422. The van der Waals surface area contributed by atoms with Gasteiger partial charge >= 0.3 is 0 Å². The number of rotatable bonds is 4. The highest BCUT2D eigenvalue weighted by atomic mass is 79.9. The Balaban J connectivity index is 2.24. The van der Waals surface area contributed by atoms with Crippen molar-refractivity contribution in [2.45, 2.75) is 6.42 Å². The van der Waals surface area contributed by atoms with Crippen molar-refractivity contribution >= 4 is 27.5 Å². The summed E-state index contributed by atoms with van der Waals surface area (Å²) in [4.78, 5) is 4.30. The fourth-order valence-corrected chi connectivity index (χ4v) is 2.25. The molecule has 1 aromatic heterocycles. The average molecular weight is 317 g/mol. The Kier molecular flexibility index (Phi) is 4.15. The molecular weight excluding hydrogens is 305 g/mol. The van der Waals surface area contributed by atoms with Crippen LogP contribution in [0.4, 0.5) is 0 Å². The lowest BCUT2D eigenvalue weighted by atomic mass is 10.2. The highest BCUT2D eigenvalue weighted by Crippen LogP contribution is 2.26. The van der Waals surface area contributed by atoms with Crippen LogP contribution in [0.5, 0.6) is 0 Å². The molecule has 2 rings (SSSR count). The van der Waals surface area contributed by atoms with Gasteiger partial charge in [0.25, 0.3) is 5.89 Å². The molecule has 90 valence electrons. The maximum atomic E-state index is 5.96. The molecule has 0 spiro atoms. The Morgan fingerprint density at radius 3 is 2.94 bits per heavy atom. The third-order valence-corrected chi connectivity index (χ3v) is 2.85. The molecule has 0 bridgehead atoms. The number of nitrogens with zero attached hydrogens (tertiary/aromatic N) is 2. The predicted molar refractivity (Wildman–Crippen MR) is 70.1 cm³/mol. The number of aromatic nitrogens is 2. The van der Waals surface area contributed by atoms with Crippen LogP contribution in [0, 0.1) is 0 Å². The fraction of sp³-hybridized carbons (Fsp3) is 0.273. The normalized spacial score (nSPS) is 10.8. The van der Waals surface area contributed by atoms with Gasteiger partial charge in [-0.1, -0.05) is 32.7 Å². The van der Waals surface area contributed by atoms with Crippen LogP contribution in [0.25, 0.3) is 11.5 Å². The number of likely N-dealkylation sites (N-methyl/N-ethyl adjacent to an activating group) is 1. The van der Waals surface area contributed by atoms with Crippen LogP contribution in [-0.4, -0.2) is 23.7 Å². The zero-order chi connectivity index (χ0) is 12.3. The van der Waals surface area contributed by atoms with Crippen LogP contribution in [0.15, 0.2) is 27.2 Å². The van der Waals surface area contributed by atoms with Gasteiger partial charge in [0.15, 0.2) is 5.82 Å². The lowest BCUT2D eigenvalue weighted by Gasteiger charge is -1.97. The van der Waals surface area contributed by atoms with E-state index in [0.717, 1.165) is 23.0 Å². The number of halogens is 2. The van der Waals surface area contributed by atoms with Crippen LogP contribution < -0.4 is 5.32 Å². The van der Waals surface area contributed by atoms with Gasteiger partial charge in [0.2, 0.25) is 0 Å². The van der Waals surface area contributed by atoms with Gasteiger partial charge in [0.1, 0.15) is 0 Å². The summed E-state index contributed by atoms with van der Waals surface area (Å²) in [5.74, 6) is 1.17. The van der Waals surface area contributed by atoms with Gasteiger partial charge in [0.05, 0.1) is 0 Å². The minimum atomic E-state index is 0.485. The molecule has 0 aliphatic rings.